The van der Waals surface area contributed by atoms with Gasteiger partial charge in [0.15, 0.2) is 5.82 Å². The van der Waals surface area contributed by atoms with Gasteiger partial charge in [-0.25, -0.2) is 0 Å². The maximum atomic E-state index is 12.4. The van der Waals surface area contributed by atoms with Gasteiger partial charge in [-0.2, -0.15) is 9.61 Å². The molecule has 2 aromatic carbocycles. The van der Waals surface area contributed by atoms with Gasteiger partial charge >= 0.3 is 0 Å². The number of fused-ring (bicyclic) bond motifs is 1. The van der Waals surface area contributed by atoms with Gasteiger partial charge in [0.2, 0.25) is 4.96 Å². The molecule has 2 heterocycles. The van der Waals surface area contributed by atoms with Crippen molar-refractivity contribution >= 4 is 33.8 Å². The average Bonchev–Trinajstić information content (AvgIpc) is 3.30. The maximum absolute atomic E-state index is 12.4. The molecule has 0 radical (unpaired) electrons. The minimum Gasteiger partial charge on any atom is -0.492 e. The minimum absolute atomic E-state index is 0.192. The number of rotatable bonds is 6. The molecular weight excluding hydrogens is 410 g/mol. The van der Waals surface area contributed by atoms with Crippen molar-refractivity contribution in [1.82, 2.24) is 25.1 Å². The summed E-state index contributed by atoms with van der Waals surface area (Å²) in [6.45, 7) is 4.68. The van der Waals surface area contributed by atoms with E-state index < -0.39 is 0 Å². The summed E-state index contributed by atoms with van der Waals surface area (Å²) in [6, 6.07) is 12.9. The fourth-order valence-electron chi connectivity index (χ4n) is 2.80. The van der Waals surface area contributed by atoms with Gasteiger partial charge in [-0.1, -0.05) is 47.2 Å². The van der Waals surface area contributed by atoms with E-state index in [-0.39, 0.29) is 5.91 Å². The van der Waals surface area contributed by atoms with Crippen LogP contribution in [0.2, 0.25) is 5.02 Å². The molecular formula is C20H18ClN5O2S. The molecule has 0 saturated heterocycles. The van der Waals surface area contributed by atoms with Crippen LogP contribution < -0.4 is 10.1 Å². The Bertz CT molecular complexity index is 1170. The zero-order valence-corrected chi connectivity index (χ0v) is 17.4. The summed E-state index contributed by atoms with van der Waals surface area (Å²) in [7, 11) is 0. The van der Waals surface area contributed by atoms with Gasteiger partial charge in [-0.3, -0.25) is 4.79 Å². The van der Waals surface area contributed by atoms with Crippen molar-refractivity contribution in [3.05, 3.63) is 64.4 Å². The normalized spacial score (nSPS) is 11.0. The summed E-state index contributed by atoms with van der Waals surface area (Å²) in [5, 5.41) is 16.8. The largest absolute Gasteiger partial charge is 0.492 e. The van der Waals surface area contributed by atoms with Crippen LogP contribution in [0.4, 0.5) is 0 Å². The smallest absolute Gasteiger partial charge is 0.251 e. The molecule has 0 spiro atoms. The molecule has 29 heavy (non-hydrogen) atoms. The molecule has 2 aromatic heterocycles. The highest BCUT2D eigenvalue weighted by Gasteiger charge is 2.11. The third kappa shape index (κ3) is 4.08. The third-order valence-electron chi connectivity index (χ3n) is 4.29. The van der Waals surface area contributed by atoms with Crippen molar-refractivity contribution in [3.8, 4) is 16.3 Å². The Labute approximate surface area is 176 Å². The fourth-order valence-corrected chi connectivity index (χ4v) is 3.92. The first-order chi connectivity index (χ1) is 14.0. The molecule has 0 fully saturated rings. The Morgan fingerprint density at radius 1 is 1.21 bits per heavy atom. The van der Waals surface area contributed by atoms with Gasteiger partial charge in [0.25, 0.3) is 5.91 Å². The van der Waals surface area contributed by atoms with Crippen molar-refractivity contribution in [2.24, 2.45) is 0 Å². The van der Waals surface area contributed by atoms with Crippen molar-refractivity contribution in [2.45, 2.75) is 20.4 Å². The predicted molar refractivity (Wildman–Crippen MR) is 113 cm³/mol. The number of carbonyl (C=O) groups excluding carboxylic acids is 1. The Morgan fingerprint density at radius 3 is 2.69 bits per heavy atom. The summed E-state index contributed by atoms with van der Waals surface area (Å²) < 4.78 is 7.12. The number of hydrogen-bond acceptors (Lipinski definition) is 6. The number of amides is 1. The van der Waals surface area contributed by atoms with Gasteiger partial charge < -0.3 is 10.1 Å². The van der Waals surface area contributed by atoms with E-state index in [1.165, 1.54) is 11.3 Å². The number of benzene rings is 2. The van der Waals surface area contributed by atoms with Crippen LogP contribution in [0.15, 0.2) is 42.5 Å². The molecule has 0 aliphatic heterocycles. The monoisotopic (exact) mass is 427 g/mol. The molecule has 0 aliphatic carbocycles. The summed E-state index contributed by atoms with van der Waals surface area (Å²) in [5.74, 6) is 1.14. The first kappa shape index (κ1) is 19.4. The second kappa shape index (κ2) is 8.18. The number of nitrogens with one attached hydrogen (secondary N) is 1. The highest BCUT2D eigenvalue weighted by molar-refractivity contribution is 7.19. The van der Waals surface area contributed by atoms with E-state index in [0.717, 1.165) is 26.9 Å². The van der Waals surface area contributed by atoms with Crippen molar-refractivity contribution < 1.29 is 9.53 Å². The summed E-state index contributed by atoms with van der Waals surface area (Å²) in [6.07, 6.45) is 0. The van der Waals surface area contributed by atoms with Gasteiger partial charge in [0.1, 0.15) is 10.8 Å². The molecule has 1 N–H and O–H groups in total. The van der Waals surface area contributed by atoms with E-state index in [9.17, 15) is 4.79 Å². The average molecular weight is 428 g/mol. The molecule has 7 nitrogen and oxygen atoms in total. The van der Waals surface area contributed by atoms with Gasteiger partial charge in [-0.05, 0) is 37.6 Å². The van der Waals surface area contributed by atoms with Crippen LogP contribution in [0.1, 0.15) is 28.7 Å². The lowest BCUT2D eigenvalue weighted by molar-refractivity contribution is 0.0951. The number of carbonyl (C=O) groups is 1. The molecule has 1 amide bonds. The van der Waals surface area contributed by atoms with E-state index in [1.54, 1.807) is 22.7 Å². The Morgan fingerprint density at radius 2 is 2.00 bits per heavy atom. The molecule has 4 rings (SSSR count). The minimum atomic E-state index is -0.192. The third-order valence-corrected chi connectivity index (χ3v) is 5.54. The fraction of sp³-hybridized carbons (Fsp3) is 0.200. The summed E-state index contributed by atoms with van der Waals surface area (Å²) >= 11 is 7.64. The number of nitrogens with zero attached hydrogens (tertiary/aromatic N) is 4. The molecule has 148 valence electrons. The number of halogens is 1. The van der Waals surface area contributed by atoms with Crippen molar-refractivity contribution in [1.29, 1.82) is 0 Å². The lowest BCUT2D eigenvalue weighted by Crippen LogP contribution is -2.22. The quantitative estimate of drug-likeness (QED) is 0.500. The van der Waals surface area contributed by atoms with Crippen molar-refractivity contribution in [3.63, 3.8) is 0 Å². The zero-order chi connectivity index (χ0) is 20.4. The molecule has 4 aromatic rings. The van der Waals surface area contributed by atoms with Crippen LogP contribution in [-0.2, 0) is 6.54 Å². The van der Waals surface area contributed by atoms with Gasteiger partial charge in [0.05, 0.1) is 11.6 Å². The lowest BCUT2D eigenvalue weighted by Gasteiger charge is -2.09. The van der Waals surface area contributed by atoms with Crippen LogP contribution in [0, 0.1) is 6.92 Å². The molecule has 0 atom stereocenters. The second-order valence-corrected chi connectivity index (χ2v) is 7.67. The SMILES string of the molecule is CCOc1ccc(C(=O)NCc2ccc(-c3nn4c(C)nnc4s3)cc2)cc1Cl. The number of hydrogen-bond donors (Lipinski definition) is 1. The zero-order valence-electron chi connectivity index (χ0n) is 15.8. The number of ether oxygens (including phenoxy) is 1. The highest BCUT2D eigenvalue weighted by Crippen LogP contribution is 2.26. The lowest BCUT2D eigenvalue weighted by atomic mass is 10.1. The predicted octanol–water partition coefficient (Wildman–Crippen LogP) is 4.14. The van der Waals surface area contributed by atoms with E-state index in [4.69, 9.17) is 16.3 Å². The van der Waals surface area contributed by atoms with E-state index in [0.29, 0.717) is 29.5 Å². The van der Waals surface area contributed by atoms with Gasteiger partial charge in [-0.15, -0.1) is 10.2 Å². The van der Waals surface area contributed by atoms with Crippen LogP contribution >= 0.6 is 22.9 Å². The molecule has 0 aliphatic rings. The molecule has 0 bridgehead atoms. The molecule has 0 unspecified atom stereocenters. The Balaban J connectivity index is 1.41. The molecule has 0 saturated carbocycles. The Hall–Kier alpha value is -2.97. The van der Waals surface area contributed by atoms with E-state index in [2.05, 4.69) is 20.6 Å². The van der Waals surface area contributed by atoms with Crippen LogP contribution in [0.5, 0.6) is 5.75 Å². The number of aromatic nitrogens is 4. The highest BCUT2D eigenvalue weighted by atomic mass is 35.5. The van der Waals surface area contributed by atoms with Crippen molar-refractivity contribution in [2.75, 3.05) is 6.61 Å². The first-order valence-corrected chi connectivity index (χ1v) is 10.2. The second-order valence-electron chi connectivity index (χ2n) is 6.31. The topological polar surface area (TPSA) is 81.4 Å². The van der Waals surface area contributed by atoms with E-state index >= 15 is 0 Å². The maximum Gasteiger partial charge on any atom is 0.251 e. The van der Waals surface area contributed by atoms with Gasteiger partial charge in [0, 0.05) is 17.7 Å². The standard InChI is InChI=1S/C20H18ClN5O2S/c1-3-28-17-9-8-15(10-16(17)21)18(27)22-11-13-4-6-14(7-5-13)19-25-26-12(2)23-24-20(26)29-19/h4-10H,3,11H2,1-2H3,(H,22,27). The van der Waals surface area contributed by atoms with Crippen LogP contribution in [0.25, 0.3) is 15.5 Å². The van der Waals surface area contributed by atoms with Crippen LogP contribution in [-0.4, -0.2) is 32.3 Å². The first-order valence-electron chi connectivity index (χ1n) is 9.04. The van der Waals surface area contributed by atoms with Crippen LogP contribution in [0.3, 0.4) is 0 Å². The summed E-state index contributed by atoms with van der Waals surface area (Å²) in [5.41, 5.74) is 2.47. The summed E-state index contributed by atoms with van der Waals surface area (Å²) in [4.78, 5) is 13.2. The van der Waals surface area contributed by atoms with E-state index in [1.807, 2.05) is 38.1 Å². The Kier molecular flexibility index (Phi) is 5.46. The molecule has 9 heteroatoms. The number of aryl methyl sites for hydroxylation is 1.